The van der Waals surface area contributed by atoms with Crippen LogP contribution in [0.3, 0.4) is 0 Å². The molecule has 0 spiro atoms. The topological polar surface area (TPSA) is 49.8 Å². The largest absolute Gasteiger partial charge is 0.366 e. The zero-order valence-corrected chi connectivity index (χ0v) is 14.1. The van der Waals surface area contributed by atoms with E-state index in [1.165, 1.54) is 4.88 Å². The van der Waals surface area contributed by atoms with Gasteiger partial charge in [-0.15, -0.1) is 11.3 Å². The minimum Gasteiger partial charge on any atom is -0.366 e. The number of nitrogens with one attached hydrogen (secondary N) is 2. The Balaban J connectivity index is 2.39. The Hall–Kier alpha value is -1.01. The highest BCUT2D eigenvalue weighted by atomic mass is 32.2. The highest BCUT2D eigenvalue weighted by Gasteiger charge is 2.12. The standard InChI is InChI=1S/C14H22N4S2/c1-5-10-7-11-12(16-9(3)8-19-4)17-14(15-6-2)18-13(11)20-10/h7,9H,5-6,8H2,1-4H3,(H2,15,16,17,18). The maximum absolute atomic E-state index is 4.62. The van der Waals surface area contributed by atoms with Crippen LogP contribution in [-0.4, -0.2) is 34.6 Å². The first-order valence-corrected chi connectivity index (χ1v) is 9.18. The van der Waals surface area contributed by atoms with Crippen LogP contribution in [0.25, 0.3) is 10.2 Å². The molecule has 0 radical (unpaired) electrons. The van der Waals surface area contributed by atoms with Crippen molar-refractivity contribution in [2.45, 2.75) is 33.2 Å². The van der Waals surface area contributed by atoms with Gasteiger partial charge in [-0.05, 0) is 32.6 Å². The lowest BCUT2D eigenvalue weighted by Gasteiger charge is -2.14. The number of hydrogen-bond donors (Lipinski definition) is 2. The molecule has 0 aliphatic carbocycles. The predicted octanol–water partition coefficient (Wildman–Crippen LogP) is 3.85. The summed E-state index contributed by atoms with van der Waals surface area (Å²) in [4.78, 5) is 11.6. The first-order valence-electron chi connectivity index (χ1n) is 6.97. The Morgan fingerprint density at radius 3 is 2.80 bits per heavy atom. The van der Waals surface area contributed by atoms with E-state index < -0.39 is 0 Å². The Kier molecular flexibility index (Phi) is 5.48. The van der Waals surface area contributed by atoms with Crippen LogP contribution in [0.1, 0.15) is 25.6 Å². The Morgan fingerprint density at radius 1 is 1.35 bits per heavy atom. The molecule has 0 amide bonds. The molecule has 2 rings (SSSR count). The molecule has 2 heterocycles. The van der Waals surface area contributed by atoms with Gasteiger partial charge in [0.2, 0.25) is 5.95 Å². The summed E-state index contributed by atoms with van der Waals surface area (Å²) in [6, 6.07) is 2.60. The Bertz CT molecular complexity index is 568. The minimum atomic E-state index is 0.391. The lowest BCUT2D eigenvalue weighted by Crippen LogP contribution is -2.19. The molecular weight excluding hydrogens is 288 g/mol. The van der Waals surface area contributed by atoms with E-state index in [4.69, 9.17) is 0 Å². The van der Waals surface area contributed by atoms with Gasteiger partial charge in [-0.2, -0.15) is 16.7 Å². The molecule has 1 atom stereocenters. The van der Waals surface area contributed by atoms with Gasteiger partial charge in [-0.25, -0.2) is 4.98 Å². The molecule has 0 aliphatic rings. The van der Waals surface area contributed by atoms with Gasteiger partial charge in [0.1, 0.15) is 10.6 Å². The molecule has 110 valence electrons. The first-order chi connectivity index (χ1) is 9.67. The second kappa shape index (κ2) is 7.13. The monoisotopic (exact) mass is 310 g/mol. The summed E-state index contributed by atoms with van der Waals surface area (Å²) in [7, 11) is 0. The third-order valence-corrected chi connectivity index (χ3v) is 4.93. The molecule has 4 nitrogen and oxygen atoms in total. The summed E-state index contributed by atoms with van der Waals surface area (Å²) in [5, 5.41) is 7.87. The van der Waals surface area contributed by atoms with Crippen molar-refractivity contribution in [1.29, 1.82) is 0 Å². The van der Waals surface area contributed by atoms with Gasteiger partial charge in [0.25, 0.3) is 0 Å². The number of hydrogen-bond acceptors (Lipinski definition) is 6. The molecule has 2 aromatic rings. The van der Waals surface area contributed by atoms with Crippen molar-refractivity contribution < 1.29 is 0 Å². The van der Waals surface area contributed by atoms with E-state index in [0.717, 1.165) is 34.8 Å². The fourth-order valence-electron chi connectivity index (χ4n) is 2.02. The molecule has 0 saturated carbocycles. The number of anilines is 2. The molecule has 0 saturated heterocycles. The number of aromatic nitrogens is 2. The number of rotatable bonds is 7. The van der Waals surface area contributed by atoms with Crippen LogP contribution in [0.15, 0.2) is 6.07 Å². The molecule has 6 heteroatoms. The maximum atomic E-state index is 4.62. The second-order valence-electron chi connectivity index (χ2n) is 4.71. The van der Waals surface area contributed by atoms with Crippen LogP contribution in [0.5, 0.6) is 0 Å². The molecule has 0 fully saturated rings. The fraction of sp³-hybridized carbons (Fsp3) is 0.571. The number of thioether (sulfide) groups is 1. The zero-order valence-electron chi connectivity index (χ0n) is 12.5. The average molecular weight is 310 g/mol. The normalized spacial score (nSPS) is 12.6. The third-order valence-electron chi connectivity index (χ3n) is 2.93. The summed E-state index contributed by atoms with van der Waals surface area (Å²) in [5.74, 6) is 2.72. The van der Waals surface area contributed by atoms with Crippen molar-refractivity contribution >= 4 is 45.1 Å². The molecule has 0 bridgehead atoms. The molecule has 2 aromatic heterocycles. The fourth-order valence-corrected chi connectivity index (χ4v) is 3.57. The summed E-state index contributed by atoms with van der Waals surface area (Å²) in [6.07, 6.45) is 3.16. The number of nitrogens with zero attached hydrogens (tertiary/aromatic N) is 2. The molecule has 1 unspecified atom stereocenters. The van der Waals surface area contributed by atoms with Crippen LogP contribution in [0.2, 0.25) is 0 Å². The lowest BCUT2D eigenvalue weighted by molar-refractivity contribution is 0.904. The van der Waals surface area contributed by atoms with E-state index in [9.17, 15) is 0 Å². The number of thiophene rings is 1. The van der Waals surface area contributed by atoms with Gasteiger partial charge >= 0.3 is 0 Å². The predicted molar refractivity (Wildman–Crippen MR) is 92.4 cm³/mol. The van der Waals surface area contributed by atoms with Gasteiger partial charge in [0.15, 0.2) is 0 Å². The maximum Gasteiger partial charge on any atom is 0.226 e. The van der Waals surface area contributed by atoms with E-state index in [2.05, 4.69) is 53.7 Å². The van der Waals surface area contributed by atoms with Gasteiger partial charge in [0.05, 0.1) is 5.39 Å². The smallest absolute Gasteiger partial charge is 0.226 e. The molecule has 0 aliphatic heterocycles. The highest BCUT2D eigenvalue weighted by molar-refractivity contribution is 7.98. The van der Waals surface area contributed by atoms with Crippen LogP contribution < -0.4 is 10.6 Å². The summed E-state index contributed by atoms with van der Waals surface area (Å²) >= 11 is 3.60. The summed E-state index contributed by atoms with van der Waals surface area (Å²) in [5.41, 5.74) is 0. The van der Waals surface area contributed by atoms with E-state index in [1.807, 2.05) is 11.8 Å². The van der Waals surface area contributed by atoms with E-state index in [-0.39, 0.29) is 0 Å². The van der Waals surface area contributed by atoms with Crippen molar-refractivity contribution in [2.75, 3.05) is 29.2 Å². The number of aryl methyl sites for hydroxylation is 1. The summed E-state index contributed by atoms with van der Waals surface area (Å²) < 4.78 is 0. The lowest BCUT2D eigenvalue weighted by atomic mass is 10.3. The van der Waals surface area contributed by atoms with E-state index >= 15 is 0 Å². The quantitative estimate of drug-likeness (QED) is 0.813. The van der Waals surface area contributed by atoms with Crippen LogP contribution in [0, 0.1) is 0 Å². The Labute approximate surface area is 128 Å². The molecule has 0 aromatic carbocycles. The zero-order chi connectivity index (χ0) is 14.5. The van der Waals surface area contributed by atoms with Gasteiger partial charge in [-0.3, -0.25) is 0 Å². The highest BCUT2D eigenvalue weighted by Crippen LogP contribution is 2.30. The van der Waals surface area contributed by atoms with Crippen molar-refractivity contribution in [3.8, 4) is 0 Å². The first kappa shape index (κ1) is 15.4. The van der Waals surface area contributed by atoms with Gasteiger partial charge < -0.3 is 10.6 Å². The Morgan fingerprint density at radius 2 is 2.15 bits per heavy atom. The second-order valence-corrected chi connectivity index (χ2v) is 6.74. The van der Waals surface area contributed by atoms with E-state index in [0.29, 0.717) is 12.0 Å². The number of fused-ring (bicyclic) bond motifs is 1. The molecule has 2 N–H and O–H groups in total. The third kappa shape index (κ3) is 3.55. The SMILES string of the molecule is CCNc1nc(NC(C)CSC)c2cc(CC)sc2n1. The van der Waals surface area contributed by atoms with Crippen LogP contribution >= 0.6 is 23.1 Å². The summed E-state index contributed by atoms with van der Waals surface area (Å²) in [6.45, 7) is 7.25. The van der Waals surface area contributed by atoms with Gasteiger partial charge in [-0.1, -0.05) is 6.92 Å². The minimum absolute atomic E-state index is 0.391. The van der Waals surface area contributed by atoms with E-state index in [1.54, 1.807) is 11.3 Å². The van der Waals surface area contributed by atoms with Crippen LogP contribution in [0.4, 0.5) is 11.8 Å². The van der Waals surface area contributed by atoms with Crippen LogP contribution in [-0.2, 0) is 6.42 Å². The van der Waals surface area contributed by atoms with Crippen molar-refractivity contribution in [3.63, 3.8) is 0 Å². The average Bonchev–Trinajstić information content (AvgIpc) is 2.82. The molecular formula is C14H22N4S2. The molecule has 20 heavy (non-hydrogen) atoms. The van der Waals surface area contributed by atoms with Gasteiger partial charge in [0, 0.05) is 23.2 Å². The van der Waals surface area contributed by atoms with Crippen molar-refractivity contribution in [2.24, 2.45) is 0 Å². The van der Waals surface area contributed by atoms with Crippen molar-refractivity contribution in [1.82, 2.24) is 9.97 Å². The van der Waals surface area contributed by atoms with Crippen molar-refractivity contribution in [3.05, 3.63) is 10.9 Å².